The topological polar surface area (TPSA) is 67.7 Å². The third-order valence-electron chi connectivity index (χ3n) is 3.23. The molecule has 0 aliphatic heterocycles. The number of rotatable bonds is 7. The summed E-state index contributed by atoms with van der Waals surface area (Å²) in [6, 6.07) is 0. The third-order valence-corrected chi connectivity index (χ3v) is 3.23. The van der Waals surface area contributed by atoms with E-state index in [1.807, 2.05) is 26.4 Å². The van der Waals surface area contributed by atoms with E-state index in [4.69, 9.17) is 0 Å². The zero-order valence-electron chi connectivity index (χ0n) is 13.3. The zero-order valence-corrected chi connectivity index (χ0v) is 13.3. The monoisotopic (exact) mass is 288 g/mol. The smallest absolute Gasteiger partial charge is 0.135 e. The number of aromatic nitrogens is 4. The number of hydrogen-bond donors (Lipinski definition) is 2. The van der Waals surface area contributed by atoms with E-state index in [9.17, 15) is 0 Å². The first-order valence-electron chi connectivity index (χ1n) is 7.46. The zero-order chi connectivity index (χ0) is 15.2. The van der Waals surface area contributed by atoms with E-state index >= 15 is 0 Å². The standard InChI is InChI=1S/C15H24N6/c1-5-7-13-19-14(16-6-2)11(3)15(20-13)17-8-12-9-18-21(4)10-12/h9-10H,5-8H2,1-4H3,(H2,16,17,19,20). The molecule has 6 heteroatoms. The highest BCUT2D eigenvalue weighted by Gasteiger charge is 2.10. The highest BCUT2D eigenvalue weighted by molar-refractivity contribution is 5.57. The van der Waals surface area contributed by atoms with Crippen molar-refractivity contribution in [2.24, 2.45) is 7.05 Å². The molecule has 0 bridgehead atoms. The molecule has 0 atom stereocenters. The van der Waals surface area contributed by atoms with E-state index in [2.05, 4.69) is 39.5 Å². The second-order valence-corrected chi connectivity index (χ2v) is 5.12. The summed E-state index contributed by atoms with van der Waals surface area (Å²) in [6.45, 7) is 7.82. The Bertz CT molecular complexity index is 590. The van der Waals surface area contributed by atoms with Crippen molar-refractivity contribution in [3.63, 3.8) is 0 Å². The van der Waals surface area contributed by atoms with Crippen LogP contribution in [0.15, 0.2) is 12.4 Å². The Balaban J connectivity index is 2.19. The molecule has 2 N–H and O–H groups in total. The molecule has 0 aromatic carbocycles. The number of aryl methyl sites for hydroxylation is 2. The summed E-state index contributed by atoms with van der Waals surface area (Å²) in [7, 11) is 1.92. The van der Waals surface area contributed by atoms with Gasteiger partial charge in [0.2, 0.25) is 0 Å². The van der Waals surface area contributed by atoms with Crippen LogP contribution in [0.1, 0.15) is 37.2 Å². The lowest BCUT2D eigenvalue weighted by molar-refractivity contribution is 0.767. The van der Waals surface area contributed by atoms with Crippen LogP contribution in [0.2, 0.25) is 0 Å². The third kappa shape index (κ3) is 3.93. The Morgan fingerprint density at radius 2 is 1.86 bits per heavy atom. The van der Waals surface area contributed by atoms with Crippen molar-refractivity contribution in [3.05, 3.63) is 29.3 Å². The van der Waals surface area contributed by atoms with Gasteiger partial charge in [0.25, 0.3) is 0 Å². The average Bonchev–Trinajstić information content (AvgIpc) is 2.87. The molecular formula is C15H24N6. The summed E-state index contributed by atoms with van der Waals surface area (Å²) in [5, 5.41) is 10.9. The lowest BCUT2D eigenvalue weighted by Crippen LogP contribution is -2.11. The fourth-order valence-electron chi connectivity index (χ4n) is 2.16. The summed E-state index contributed by atoms with van der Waals surface area (Å²) < 4.78 is 1.80. The maximum absolute atomic E-state index is 4.64. The lowest BCUT2D eigenvalue weighted by atomic mass is 10.2. The number of nitrogens with one attached hydrogen (secondary N) is 2. The van der Waals surface area contributed by atoms with Crippen LogP contribution < -0.4 is 10.6 Å². The summed E-state index contributed by atoms with van der Waals surface area (Å²) in [6.07, 6.45) is 5.79. The Morgan fingerprint density at radius 3 is 2.43 bits per heavy atom. The van der Waals surface area contributed by atoms with Gasteiger partial charge in [0, 0.05) is 43.9 Å². The van der Waals surface area contributed by atoms with Crippen molar-refractivity contribution < 1.29 is 0 Å². The molecule has 2 aromatic rings. The molecule has 0 amide bonds. The fourth-order valence-corrected chi connectivity index (χ4v) is 2.16. The molecule has 2 rings (SSSR count). The van der Waals surface area contributed by atoms with Gasteiger partial charge < -0.3 is 10.6 Å². The van der Waals surface area contributed by atoms with E-state index in [0.29, 0.717) is 6.54 Å². The van der Waals surface area contributed by atoms with Gasteiger partial charge in [-0.15, -0.1) is 0 Å². The van der Waals surface area contributed by atoms with Crippen molar-refractivity contribution in [2.45, 2.75) is 40.2 Å². The normalized spacial score (nSPS) is 10.7. The molecule has 0 saturated carbocycles. The van der Waals surface area contributed by atoms with Gasteiger partial charge in [-0.3, -0.25) is 4.68 Å². The van der Waals surface area contributed by atoms with E-state index in [-0.39, 0.29) is 0 Å². The molecule has 6 nitrogen and oxygen atoms in total. The van der Waals surface area contributed by atoms with Crippen LogP contribution in [0.3, 0.4) is 0 Å². The van der Waals surface area contributed by atoms with Gasteiger partial charge >= 0.3 is 0 Å². The minimum atomic E-state index is 0.711. The Hall–Kier alpha value is -2.11. The predicted octanol–water partition coefficient (Wildman–Crippen LogP) is 2.51. The van der Waals surface area contributed by atoms with Crippen molar-refractivity contribution >= 4 is 11.6 Å². The van der Waals surface area contributed by atoms with E-state index < -0.39 is 0 Å². The SMILES string of the molecule is CCCc1nc(NCC)c(C)c(NCc2cnn(C)c2)n1. The van der Waals surface area contributed by atoms with Crippen LogP contribution in [0.5, 0.6) is 0 Å². The largest absolute Gasteiger partial charge is 0.370 e. The Morgan fingerprint density at radius 1 is 1.14 bits per heavy atom. The molecule has 21 heavy (non-hydrogen) atoms. The van der Waals surface area contributed by atoms with Gasteiger partial charge in [0.1, 0.15) is 17.5 Å². The van der Waals surface area contributed by atoms with Crippen molar-refractivity contribution in [1.29, 1.82) is 0 Å². The molecule has 0 radical (unpaired) electrons. The van der Waals surface area contributed by atoms with E-state index in [0.717, 1.165) is 48.0 Å². The summed E-state index contributed by atoms with van der Waals surface area (Å²) in [5.41, 5.74) is 2.19. The second-order valence-electron chi connectivity index (χ2n) is 5.12. The maximum atomic E-state index is 4.64. The van der Waals surface area contributed by atoms with Crippen LogP contribution in [-0.2, 0) is 20.0 Å². The van der Waals surface area contributed by atoms with Gasteiger partial charge in [-0.05, 0) is 20.3 Å². The number of anilines is 2. The van der Waals surface area contributed by atoms with Crippen LogP contribution in [0.25, 0.3) is 0 Å². The molecule has 114 valence electrons. The molecule has 0 aliphatic rings. The molecular weight excluding hydrogens is 264 g/mol. The van der Waals surface area contributed by atoms with Gasteiger partial charge in [-0.2, -0.15) is 5.10 Å². The summed E-state index contributed by atoms with van der Waals surface area (Å²) in [4.78, 5) is 9.23. The fraction of sp³-hybridized carbons (Fsp3) is 0.533. The molecule has 0 aliphatic carbocycles. The van der Waals surface area contributed by atoms with Crippen molar-refractivity contribution in [1.82, 2.24) is 19.7 Å². The van der Waals surface area contributed by atoms with E-state index in [1.54, 1.807) is 4.68 Å². The molecule has 2 heterocycles. The summed E-state index contributed by atoms with van der Waals surface area (Å²) in [5.74, 6) is 2.70. The van der Waals surface area contributed by atoms with Crippen LogP contribution in [-0.4, -0.2) is 26.3 Å². The quantitative estimate of drug-likeness (QED) is 0.819. The van der Waals surface area contributed by atoms with Crippen LogP contribution >= 0.6 is 0 Å². The lowest BCUT2D eigenvalue weighted by Gasteiger charge is -2.14. The molecule has 0 spiro atoms. The predicted molar refractivity (Wildman–Crippen MR) is 85.5 cm³/mol. The van der Waals surface area contributed by atoms with Gasteiger partial charge in [0.05, 0.1) is 6.20 Å². The van der Waals surface area contributed by atoms with Gasteiger partial charge in [-0.25, -0.2) is 9.97 Å². The van der Waals surface area contributed by atoms with Gasteiger partial charge in [0.15, 0.2) is 0 Å². The molecule has 0 fully saturated rings. The van der Waals surface area contributed by atoms with Crippen LogP contribution in [0.4, 0.5) is 11.6 Å². The molecule has 2 aromatic heterocycles. The molecule has 0 unspecified atom stereocenters. The van der Waals surface area contributed by atoms with Crippen molar-refractivity contribution in [3.8, 4) is 0 Å². The Labute approximate surface area is 126 Å². The first-order valence-corrected chi connectivity index (χ1v) is 7.46. The highest BCUT2D eigenvalue weighted by atomic mass is 15.2. The minimum Gasteiger partial charge on any atom is -0.370 e. The molecule has 0 saturated heterocycles. The Kier molecular flexibility index (Phi) is 5.14. The van der Waals surface area contributed by atoms with E-state index in [1.165, 1.54) is 0 Å². The summed E-state index contributed by atoms with van der Waals surface area (Å²) >= 11 is 0. The number of nitrogens with zero attached hydrogens (tertiary/aromatic N) is 4. The maximum Gasteiger partial charge on any atom is 0.135 e. The first-order chi connectivity index (χ1) is 10.1. The highest BCUT2D eigenvalue weighted by Crippen LogP contribution is 2.21. The van der Waals surface area contributed by atoms with Gasteiger partial charge in [-0.1, -0.05) is 6.92 Å². The minimum absolute atomic E-state index is 0.711. The number of hydrogen-bond acceptors (Lipinski definition) is 5. The second kappa shape index (κ2) is 7.06. The van der Waals surface area contributed by atoms with Crippen molar-refractivity contribution in [2.75, 3.05) is 17.2 Å². The average molecular weight is 288 g/mol. The first kappa shape index (κ1) is 15.3. The van der Waals surface area contributed by atoms with Crippen LogP contribution in [0, 0.1) is 6.92 Å².